The average Bonchev–Trinajstić information content (AvgIpc) is 2.80. The van der Waals surface area contributed by atoms with Gasteiger partial charge in [-0.2, -0.15) is 0 Å². The lowest BCUT2D eigenvalue weighted by Crippen LogP contribution is -2.28. The maximum atomic E-state index is 12.3. The molecule has 0 fully saturated rings. The maximum Gasteiger partial charge on any atom is 0.242 e. The Morgan fingerprint density at radius 1 is 1.45 bits per heavy atom. The van der Waals surface area contributed by atoms with Gasteiger partial charge in [0.05, 0.1) is 0 Å². The van der Waals surface area contributed by atoms with Gasteiger partial charge in [0.15, 0.2) is 0 Å². The molecule has 1 heterocycles. The molecule has 0 aliphatic heterocycles. The SMILES string of the molecule is CC(CCO)CNS(=O)(=O)c1csc2ccc(Cl)cc12. The van der Waals surface area contributed by atoms with Gasteiger partial charge in [0.25, 0.3) is 0 Å². The molecule has 1 aromatic heterocycles. The van der Waals surface area contributed by atoms with Crippen molar-refractivity contribution in [2.45, 2.75) is 18.2 Å². The number of fused-ring (bicyclic) bond motifs is 1. The van der Waals surface area contributed by atoms with Crippen molar-refractivity contribution < 1.29 is 13.5 Å². The first kappa shape index (κ1) is 15.7. The van der Waals surface area contributed by atoms with Crippen LogP contribution in [0.15, 0.2) is 28.5 Å². The quantitative estimate of drug-likeness (QED) is 0.854. The van der Waals surface area contributed by atoms with Gasteiger partial charge in [-0.15, -0.1) is 11.3 Å². The molecule has 2 aromatic rings. The van der Waals surface area contributed by atoms with Gasteiger partial charge >= 0.3 is 0 Å². The normalized spacial score (nSPS) is 13.8. The standard InChI is InChI=1S/C13H16ClNO3S2/c1-9(4-5-16)7-15-20(17,18)13-8-19-12-3-2-10(14)6-11(12)13/h2-3,6,8-9,15-16H,4-5,7H2,1H3. The highest BCUT2D eigenvalue weighted by Gasteiger charge is 2.19. The number of halogens is 1. The van der Waals surface area contributed by atoms with E-state index in [9.17, 15) is 8.42 Å². The van der Waals surface area contributed by atoms with Crippen molar-refractivity contribution >= 4 is 43.0 Å². The number of benzene rings is 1. The van der Waals surface area contributed by atoms with Crippen LogP contribution in [-0.2, 0) is 10.0 Å². The Labute approximate surface area is 127 Å². The van der Waals surface area contributed by atoms with Crippen LogP contribution in [0.5, 0.6) is 0 Å². The molecule has 20 heavy (non-hydrogen) atoms. The molecule has 7 heteroatoms. The van der Waals surface area contributed by atoms with Crippen LogP contribution in [0, 0.1) is 5.92 Å². The second-order valence-electron chi connectivity index (χ2n) is 4.71. The molecule has 0 aliphatic carbocycles. The van der Waals surface area contributed by atoms with Gasteiger partial charge in [-0.25, -0.2) is 13.1 Å². The minimum Gasteiger partial charge on any atom is -0.396 e. The lowest BCUT2D eigenvalue weighted by atomic mass is 10.1. The van der Waals surface area contributed by atoms with E-state index in [1.54, 1.807) is 17.5 Å². The molecule has 0 amide bonds. The number of thiophene rings is 1. The highest BCUT2D eigenvalue weighted by Crippen LogP contribution is 2.31. The molecule has 0 bridgehead atoms. The summed E-state index contributed by atoms with van der Waals surface area (Å²) in [5.41, 5.74) is 0. The Morgan fingerprint density at radius 3 is 2.90 bits per heavy atom. The Kier molecular flexibility index (Phi) is 5.04. The summed E-state index contributed by atoms with van der Waals surface area (Å²) < 4.78 is 28.1. The van der Waals surface area contributed by atoms with E-state index in [0.717, 1.165) is 4.70 Å². The molecule has 0 spiro atoms. The molecular weight excluding hydrogens is 318 g/mol. The fourth-order valence-electron chi connectivity index (χ4n) is 1.84. The number of sulfonamides is 1. The molecule has 0 radical (unpaired) electrons. The fraction of sp³-hybridized carbons (Fsp3) is 0.385. The molecule has 1 unspecified atom stereocenters. The monoisotopic (exact) mass is 333 g/mol. The zero-order valence-electron chi connectivity index (χ0n) is 11.0. The molecule has 2 rings (SSSR count). The summed E-state index contributed by atoms with van der Waals surface area (Å²) in [5, 5.41) is 11.6. The molecule has 0 saturated carbocycles. The second-order valence-corrected chi connectivity index (χ2v) is 7.79. The van der Waals surface area contributed by atoms with Crippen molar-refractivity contribution in [3.63, 3.8) is 0 Å². The average molecular weight is 334 g/mol. The maximum absolute atomic E-state index is 12.3. The van der Waals surface area contributed by atoms with E-state index in [0.29, 0.717) is 23.4 Å². The number of rotatable bonds is 6. The van der Waals surface area contributed by atoms with Gasteiger partial charge in [0.2, 0.25) is 10.0 Å². The van der Waals surface area contributed by atoms with E-state index in [1.165, 1.54) is 11.3 Å². The van der Waals surface area contributed by atoms with Crippen LogP contribution in [0.1, 0.15) is 13.3 Å². The van der Waals surface area contributed by atoms with E-state index in [4.69, 9.17) is 16.7 Å². The van der Waals surface area contributed by atoms with Crippen molar-refractivity contribution in [1.82, 2.24) is 4.72 Å². The van der Waals surface area contributed by atoms with Crippen molar-refractivity contribution in [3.8, 4) is 0 Å². The van der Waals surface area contributed by atoms with E-state index < -0.39 is 10.0 Å². The summed E-state index contributed by atoms with van der Waals surface area (Å²) in [6.45, 7) is 2.25. The first-order valence-electron chi connectivity index (χ1n) is 6.21. The molecule has 1 aromatic carbocycles. The summed E-state index contributed by atoms with van der Waals surface area (Å²) in [6.07, 6.45) is 0.568. The van der Waals surface area contributed by atoms with Crippen molar-refractivity contribution in [1.29, 1.82) is 0 Å². The smallest absolute Gasteiger partial charge is 0.242 e. The number of nitrogens with one attached hydrogen (secondary N) is 1. The zero-order chi connectivity index (χ0) is 14.8. The molecular formula is C13H16ClNO3S2. The highest BCUT2D eigenvalue weighted by molar-refractivity contribution is 7.90. The van der Waals surface area contributed by atoms with Gasteiger partial charge in [-0.3, -0.25) is 0 Å². The Hall–Kier alpha value is -0.660. The van der Waals surface area contributed by atoms with Crippen LogP contribution in [-0.4, -0.2) is 26.7 Å². The lowest BCUT2D eigenvalue weighted by Gasteiger charge is -2.11. The highest BCUT2D eigenvalue weighted by atomic mass is 35.5. The molecule has 4 nitrogen and oxygen atoms in total. The Bertz CT molecular complexity index is 697. The Balaban J connectivity index is 2.25. The lowest BCUT2D eigenvalue weighted by molar-refractivity contribution is 0.263. The van der Waals surface area contributed by atoms with Crippen molar-refractivity contribution in [3.05, 3.63) is 28.6 Å². The van der Waals surface area contributed by atoms with Crippen LogP contribution in [0.4, 0.5) is 0 Å². The second kappa shape index (κ2) is 6.41. The number of hydrogen-bond acceptors (Lipinski definition) is 4. The molecule has 110 valence electrons. The van der Waals surface area contributed by atoms with Crippen LogP contribution in [0.25, 0.3) is 10.1 Å². The van der Waals surface area contributed by atoms with Gasteiger partial charge in [-0.1, -0.05) is 18.5 Å². The van der Waals surface area contributed by atoms with Crippen molar-refractivity contribution in [2.24, 2.45) is 5.92 Å². The zero-order valence-corrected chi connectivity index (χ0v) is 13.4. The van der Waals surface area contributed by atoms with E-state index in [1.807, 2.05) is 13.0 Å². The van der Waals surface area contributed by atoms with E-state index in [2.05, 4.69) is 4.72 Å². The topological polar surface area (TPSA) is 66.4 Å². The first-order chi connectivity index (χ1) is 9.44. The molecule has 2 N–H and O–H groups in total. The van der Waals surface area contributed by atoms with E-state index in [-0.39, 0.29) is 17.4 Å². The van der Waals surface area contributed by atoms with Gasteiger partial charge in [0.1, 0.15) is 4.90 Å². The minimum absolute atomic E-state index is 0.0554. The third-order valence-corrected chi connectivity index (χ3v) is 5.84. The summed E-state index contributed by atoms with van der Waals surface area (Å²) >= 11 is 7.30. The number of aliphatic hydroxyl groups is 1. The summed E-state index contributed by atoms with van der Waals surface area (Å²) in [4.78, 5) is 0.260. The van der Waals surface area contributed by atoms with Gasteiger partial charge in [-0.05, 0) is 30.5 Å². The van der Waals surface area contributed by atoms with Gasteiger partial charge < -0.3 is 5.11 Å². The molecule has 1 atom stereocenters. The summed E-state index contributed by atoms with van der Waals surface area (Å²) in [5.74, 6) is 0.0864. The van der Waals surface area contributed by atoms with E-state index >= 15 is 0 Å². The number of hydrogen-bond donors (Lipinski definition) is 2. The fourth-order valence-corrected chi connectivity index (χ4v) is 4.65. The Morgan fingerprint density at radius 2 is 2.20 bits per heavy atom. The third kappa shape index (κ3) is 3.51. The van der Waals surface area contributed by atoms with Crippen LogP contribution in [0.3, 0.4) is 0 Å². The third-order valence-electron chi connectivity index (χ3n) is 3.03. The predicted molar refractivity (Wildman–Crippen MR) is 82.9 cm³/mol. The summed E-state index contributed by atoms with van der Waals surface area (Å²) in [7, 11) is -3.55. The summed E-state index contributed by atoms with van der Waals surface area (Å²) in [6, 6.07) is 5.22. The van der Waals surface area contributed by atoms with Crippen molar-refractivity contribution in [2.75, 3.05) is 13.2 Å². The minimum atomic E-state index is -3.55. The predicted octanol–water partition coefficient (Wildman–Crippen LogP) is 2.85. The van der Waals surface area contributed by atoms with Crippen LogP contribution in [0.2, 0.25) is 5.02 Å². The van der Waals surface area contributed by atoms with Crippen LogP contribution >= 0.6 is 22.9 Å². The van der Waals surface area contributed by atoms with Crippen LogP contribution < -0.4 is 4.72 Å². The van der Waals surface area contributed by atoms with Gasteiger partial charge in [0, 0.05) is 33.6 Å². The first-order valence-corrected chi connectivity index (χ1v) is 8.95. The molecule has 0 aliphatic rings. The molecule has 0 saturated heterocycles. The number of aliphatic hydroxyl groups excluding tert-OH is 1. The largest absolute Gasteiger partial charge is 0.396 e.